The van der Waals surface area contributed by atoms with Crippen molar-refractivity contribution in [2.24, 2.45) is 5.41 Å². The average molecular weight is 247 g/mol. The molecule has 100 valence electrons. The van der Waals surface area contributed by atoms with Crippen LogP contribution in [0.5, 0.6) is 0 Å². The normalized spacial score (nSPS) is 12.3. The highest BCUT2D eigenvalue weighted by Crippen LogP contribution is 2.20. The van der Waals surface area contributed by atoms with Gasteiger partial charge in [-0.05, 0) is 38.5 Å². The van der Waals surface area contributed by atoms with Crippen molar-refractivity contribution in [1.29, 1.82) is 0 Å². The number of anilines is 1. The van der Waals surface area contributed by atoms with Gasteiger partial charge in [0.2, 0.25) is 0 Å². The van der Waals surface area contributed by atoms with Gasteiger partial charge in [0.15, 0.2) is 0 Å². The highest BCUT2D eigenvalue weighted by molar-refractivity contribution is 5.85. The van der Waals surface area contributed by atoms with Crippen molar-refractivity contribution in [3.63, 3.8) is 0 Å². The summed E-state index contributed by atoms with van der Waals surface area (Å²) in [5.41, 5.74) is 1.97. The van der Waals surface area contributed by atoms with Crippen molar-refractivity contribution in [1.82, 2.24) is 0 Å². The summed E-state index contributed by atoms with van der Waals surface area (Å²) in [7, 11) is 0. The third kappa shape index (κ3) is 4.91. The second-order valence-corrected chi connectivity index (χ2v) is 6.92. The summed E-state index contributed by atoms with van der Waals surface area (Å²) in [6.07, 6.45) is 0.513. The van der Waals surface area contributed by atoms with Gasteiger partial charge >= 0.3 is 0 Å². The van der Waals surface area contributed by atoms with Crippen molar-refractivity contribution >= 4 is 11.5 Å². The lowest BCUT2D eigenvalue weighted by Gasteiger charge is -2.22. The zero-order valence-electron chi connectivity index (χ0n) is 12.4. The number of benzene rings is 1. The molecule has 1 N–H and O–H groups in total. The van der Waals surface area contributed by atoms with Gasteiger partial charge in [0.1, 0.15) is 5.78 Å². The molecule has 0 saturated heterocycles. The number of rotatable bonds is 3. The molecule has 2 heteroatoms. The van der Waals surface area contributed by atoms with Crippen LogP contribution in [0, 0.1) is 5.41 Å². The number of hydrogen-bond donors (Lipinski definition) is 1. The number of nitrogens with one attached hydrogen (secondary N) is 1. The smallest absolute Gasteiger partial charge is 0.142 e. The molecular weight excluding hydrogens is 222 g/mol. The Morgan fingerprint density at radius 1 is 1.00 bits per heavy atom. The van der Waals surface area contributed by atoms with E-state index in [4.69, 9.17) is 0 Å². The summed E-state index contributed by atoms with van der Waals surface area (Å²) in [4.78, 5) is 11.9. The Balaban J connectivity index is 2.70. The first-order valence-electron chi connectivity index (χ1n) is 6.48. The van der Waals surface area contributed by atoms with Crippen LogP contribution in [0.1, 0.15) is 47.1 Å². The van der Waals surface area contributed by atoms with Crippen LogP contribution < -0.4 is 5.32 Å². The maximum Gasteiger partial charge on any atom is 0.142 e. The molecule has 1 aromatic carbocycles. The molecule has 1 aromatic rings. The van der Waals surface area contributed by atoms with E-state index in [0.717, 1.165) is 11.3 Å². The summed E-state index contributed by atoms with van der Waals surface area (Å²) in [5.74, 6) is 0.277. The van der Waals surface area contributed by atoms with Gasteiger partial charge in [0, 0.05) is 23.1 Å². The van der Waals surface area contributed by atoms with E-state index >= 15 is 0 Å². The largest absolute Gasteiger partial charge is 0.380 e. The van der Waals surface area contributed by atoms with Gasteiger partial charge in [-0.2, -0.15) is 0 Å². The molecule has 0 spiro atoms. The van der Waals surface area contributed by atoms with Crippen LogP contribution in [0.2, 0.25) is 0 Å². The van der Waals surface area contributed by atoms with Crippen LogP contribution in [0.25, 0.3) is 0 Å². The van der Waals surface area contributed by atoms with Crippen molar-refractivity contribution in [2.45, 2.75) is 53.5 Å². The molecule has 0 aromatic heterocycles. The SMILES string of the molecule is CC(C)(C)Nc1ccc(CC(=O)C(C)(C)C)cc1. The van der Waals surface area contributed by atoms with Gasteiger partial charge in [0.25, 0.3) is 0 Å². The zero-order chi connectivity index (χ0) is 14.0. The van der Waals surface area contributed by atoms with Gasteiger partial charge < -0.3 is 5.32 Å². The van der Waals surface area contributed by atoms with E-state index in [2.05, 4.69) is 26.1 Å². The molecule has 0 amide bonds. The molecule has 0 atom stereocenters. The first-order chi connectivity index (χ1) is 8.08. The molecule has 0 saturated carbocycles. The lowest BCUT2D eigenvalue weighted by molar-refractivity contribution is -0.125. The summed E-state index contributed by atoms with van der Waals surface area (Å²) in [5, 5.41) is 3.41. The van der Waals surface area contributed by atoms with Crippen molar-refractivity contribution in [3.8, 4) is 0 Å². The van der Waals surface area contributed by atoms with Crippen molar-refractivity contribution in [2.75, 3.05) is 5.32 Å². The number of carbonyl (C=O) groups excluding carboxylic acids is 1. The highest BCUT2D eigenvalue weighted by atomic mass is 16.1. The van der Waals surface area contributed by atoms with Crippen LogP contribution in [-0.4, -0.2) is 11.3 Å². The summed E-state index contributed by atoms with van der Waals surface area (Å²) >= 11 is 0. The predicted octanol–water partition coefficient (Wildman–Crippen LogP) is 4.05. The Hall–Kier alpha value is -1.31. The molecule has 18 heavy (non-hydrogen) atoms. The van der Waals surface area contributed by atoms with E-state index in [1.807, 2.05) is 45.0 Å². The third-order valence-corrected chi connectivity index (χ3v) is 2.67. The van der Waals surface area contributed by atoms with Gasteiger partial charge in [0.05, 0.1) is 0 Å². The van der Waals surface area contributed by atoms with Gasteiger partial charge in [-0.25, -0.2) is 0 Å². The lowest BCUT2D eigenvalue weighted by Crippen LogP contribution is -2.26. The molecule has 2 nitrogen and oxygen atoms in total. The Kier molecular flexibility index (Phi) is 4.20. The topological polar surface area (TPSA) is 29.1 Å². The predicted molar refractivity (Wildman–Crippen MR) is 78.0 cm³/mol. The lowest BCUT2D eigenvalue weighted by atomic mass is 9.87. The van der Waals surface area contributed by atoms with Crippen LogP contribution in [0.15, 0.2) is 24.3 Å². The Labute approximate surface area is 111 Å². The van der Waals surface area contributed by atoms with Crippen molar-refractivity contribution in [3.05, 3.63) is 29.8 Å². The Morgan fingerprint density at radius 2 is 1.50 bits per heavy atom. The fourth-order valence-corrected chi connectivity index (χ4v) is 1.59. The number of carbonyl (C=O) groups is 1. The van der Waals surface area contributed by atoms with Crippen LogP contribution >= 0.6 is 0 Å². The van der Waals surface area contributed by atoms with Crippen LogP contribution in [0.3, 0.4) is 0 Å². The second-order valence-electron chi connectivity index (χ2n) is 6.92. The molecule has 0 aliphatic rings. The molecule has 0 radical (unpaired) electrons. The fraction of sp³-hybridized carbons (Fsp3) is 0.562. The second kappa shape index (κ2) is 5.13. The zero-order valence-corrected chi connectivity index (χ0v) is 12.4. The molecule has 0 heterocycles. The van der Waals surface area contributed by atoms with E-state index in [9.17, 15) is 4.79 Å². The molecular formula is C16H25NO. The standard InChI is InChI=1S/C16H25NO/c1-15(2,3)14(18)11-12-7-9-13(10-8-12)17-16(4,5)6/h7-10,17H,11H2,1-6H3. The minimum Gasteiger partial charge on any atom is -0.380 e. The fourth-order valence-electron chi connectivity index (χ4n) is 1.59. The monoisotopic (exact) mass is 247 g/mol. The molecule has 0 bridgehead atoms. The Morgan fingerprint density at radius 3 is 1.89 bits per heavy atom. The first kappa shape index (κ1) is 14.7. The summed E-state index contributed by atoms with van der Waals surface area (Å²) in [6, 6.07) is 8.13. The van der Waals surface area contributed by atoms with E-state index in [1.54, 1.807) is 0 Å². The van der Waals surface area contributed by atoms with Gasteiger partial charge in [-0.15, -0.1) is 0 Å². The van der Waals surface area contributed by atoms with E-state index in [1.165, 1.54) is 0 Å². The van der Waals surface area contributed by atoms with E-state index < -0.39 is 0 Å². The minimum atomic E-state index is -0.262. The average Bonchev–Trinajstić information content (AvgIpc) is 2.17. The summed E-state index contributed by atoms with van der Waals surface area (Å²) < 4.78 is 0. The molecule has 0 aliphatic carbocycles. The molecule has 0 unspecified atom stereocenters. The van der Waals surface area contributed by atoms with Gasteiger partial charge in [-0.1, -0.05) is 32.9 Å². The van der Waals surface area contributed by atoms with E-state index in [0.29, 0.717) is 6.42 Å². The summed E-state index contributed by atoms with van der Waals surface area (Å²) in [6.45, 7) is 12.3. The van der Waals surface area contributed by atoms with Crippen LogP contribution in [-0.2, 0) is 11.2 Å². The maximum absolute atomic E-state index is 11.9. The van der Waals surface area contributed by atoms with Gasteiger partial charge in [-0.3, -0.25) is 4.79 Å². The molecule has 0 fully saturated rings. The van der Waals surface area contributed by atoms with Crippen molar-refractivity contribution < 1.29 is 4.79 Å². The van der Waals surface area contributed by atoms with E-state index in [-0.39, 0.29) is 16.7 Å². The molecule has 0 aliphatic heterocycles. The highest BCUT2D eigenvalue weighted by Gasteiger charge is 2.21. The Bertz CT molecular complexity index is 404. The number of Topliss-reactive ketones (excluding diaryl/α,β-unsaturated/α-hetero) is 1. The minimum absolute atomic E-state index is 0.0583. The quantitative estimate of drug-likeness (QED) is 0.873. The van der Waals surface area contributed by atoms with Crippen LogP contribution in [0.4, 0.5) is 5.69 Å². The maximum atomic E-state index is 11.9. The number of ketones is 1. The third-order valence-electron chi connectivity index (χ3n) is 2.67. The molecule has 1 rings (SSSR count). The number of hydrogen-bond acceptors (Lipinski definition) is 2. The first-order valence-corrected chi connectivity index (χ1v) is 6.48.